The number of fused-ring (bicyclic) bond motifs is 2. The first-order chi connectivity index (χ1) is 22.3. The monoisotopic (exact) mass is 681 g/mol. The van der Waals surface area contributed by atoms with Crippen LogP contribution in [0.15, 0.2) is 30.6 Å². The van der Waals surface area contributed by atoms with Crippen LogP contribution in [0.1, 0.15) is 44.5 Å². The Morgan fingerprint density at radius 2 is 1.94 bits per heavy atom. The van der Waals surface area contributed by atoms with Crippen molar-refractivity contribution in [3.05, 3.63) is 58.5 Å². The van der Waals surface area contributed by atoms with Gasteiger partial charge in [-0.25, -0.2) is 18.2 Å². The fourth-order valence-electron chi connectivity index (χ4n) is 6.22. The van der Waals surface area contributed by atoms with Gasteiger partial charge in [-0.3, -0.25) is 9.88 Å². The highest BCUT2D eigenvalue weighted by molar-refractivity contribution is 7.23. The molecule has 15 heteroatoms. The van der Waals surface area contributed by atoms with Gasteiger partial charge in [-0.2, -0.15) is 15.2 Å². The van der Waals surface area contributed by atoms with Gasteiger partial charge in [0.2, 0.25) is 0 Å². The van der Waals surface area contributed by atoms with Gasteiger partial charge in [0.1, 0.15) is 52.0 Å². The van der Waals surface area contributed by atoms with E-state index in [1.807, 2.05) is 31.9 Å². The Morgan fingerprint density at radius 1 is 1.21 bits per heavy atom. The fraction of sp³-hybridized carbons (Fsp3) is 0.344. The molecule has 0 saturated carbocycles. The number of ether oxygens (including phenoxy) is 1. The Labute approximate surface area is 277 Å². The molecule has 4 N–H and O–H groups in total. The first-order valence-electron chi connectivity index (χ1n) is 14.7. The number of benzene rings is 2. The largest absolute Gasteiger partial charge is 0.458 e. The van der Waals surface area contributed by atoms with Crippen molar-refractivity contribution in [2.75, 3.05) is 37.0 Å². The normalized spacial score (nSPS) is 19.6. The zero-order chi connectivity index (χ0) is 33.9. The number of likely N-dealkylation sites (N-methyl/N-ethyl adjacent to an activating group) is 1. The lowest BCUT2D eigenvalue weighted by atomic mass is 9.92. The van der Waals surface area contributed by atoms with E-state index in [9.17, 15) is 14.0 Å². The van der Waals surface area contributed by atoms with Gasteiger partial charge in [-0.05, 0) is 45.5 Å². The van der Waals surface area contributed by atoms with E-state index in [0.717, 1.165) is 11.3 Å². The minimum absolute atomic E-state index is 0.0199. The van der Waals surface area contributed by atoms with Crippen molar-refractivity contribution < 1.29 is 17.9 Å². The lowest BCUT2D eigenvalue weighted by molar-refractivity contribution is 0.0409. The Morgan fingerprint density at radius 3 is 2.60 bits per heavy atom. The molecule has 47 heavy (non-hydrogen) atoms. The van der Waals surface area contributed by atoms with E-state index < -0.39 is 35.5 Å². The molecule has 0 aliphatic carbocycles. The van der Waals surface area contributed by atoms with E-state index in [1.165, 1.54) is 30.6 Å². The highest BCUT2D eigenvalue weighted by atomic mass is 35.5. The van der Waals surface area contributed by atoms with Crippen molar-refractivity contribution in [2.24, 2.45) is 0 Å². The van der Waals surface area contributed by atoms with Gasteiger partial charge in [0.15, 0.2) is 5.82 Å². The number of alkyl halides is 1. The number of hydrogen-bond donors (Lipinski definition) is 2. The minimum atomic E-state index is -1.03. The number of hydrogen-bond acceptors (Lipinski definition) is 11. The molecule has 5 aromatic rings. The highest BCUT2D eigenvalue weighted by Crippen LogP contribution is 2.46. The van der Waals surface area contributed by atoms with Crippen LogP contribution >= 0.6 is 22.9 Å². The van der Waals surface area contributed by atoms with Crippen LogP contribution in [-0.4, -0.2) is 63.3 Å². The summed E-state index contributed by atoms with van der Waals surface area (Å²) in [5, 5.41) is 10.3. The molecule has 2 aromatic carbocycles. The van der Waals surface area contributed by atoms with Crippen LogP contribution in [0.4, 0.5) is 29.8 Å². The molecule has 1 aliphatic heterocycles. The minimum Gasteiger partial charge on any atom is -0.458 e. The predicted octanol–water partition coefficient (Wildman–Crippen LogP) is 6.67. The summed E-state index contributed by atoms with van der Waals surface area (Å²) < 4.78 is 52.7. The van der Waals surface area contributed by atoms with Gasteiger partial charge < -0.3 is 21.1 Å². The van der Waals surface area contributed by atoms with E-state index in [-0.39, 0.29) is 78.3 Å². The van der Waals surface area contributed by atoms with Crippen molar-refractivity contribution >= 4 is 60.6 Å². The fourth-order valence-corrected chi connectivity index (χ4v) is 7.46. The number of rotatable bonds is 7. The summed E-state index contributed by atoms with van der Waals surface area (Å²) in [5.74, 6) is -0.989. The van der Waals surface area contributed by atoms with E-state index in [1.54, 1.807) is 18.9 Å². The van der Waals surface area contributed by atoms with E-state index in [0.29, 0.717) is 5.69 Å². The van der Waals surface area contributed by atoms with Gasteiger partial charge in [-0.1, -0.05) is 17.7 Å². The van der Waals surface area contributed by atoms with Gasteiger partial charge >= 0.3 is 6.01 Å². The van der Waals surface area contributed by atoms with Crippen LogP contribution in [0.3, 0.4) is 0 Å². The third kappa shape index (κ3) is 5.32. The van der Waals surface area contributed by atoms with Gasteiger partial charge in [0.25, 0.3) is 0 Å². The molecule has 1 fully saturated rings. The molecule has 3 aromatic heterocycles. The second-order valence-corrected chi connectivity index (χ2v) is 13.4. The SMILES string of the molecule is C[C@H](c1nccnc1N)N(C)c1nc(O[C@@H](C)[C@@]2(C)C[C@@H](F)CN2C)nc2c(F)c(-c3ccc(F)c4sc(N)c(C#N)c34)c(Cl)cc12. The quantitative estimate of drug-likeness (QED) is 0.191. The molecule has 0 radical (unpaired) electrons. The molecule has 0 bridgehead atoms. The van der Waals surface area contributed by atoms with Gasteiger partial charge in [0, 0.05) is 48.7 Å². The summed E-state index contributed by atoms with van der Waals surface area (Å²) in [5.41, 5.74) is 11.9. The highest BCUT2D eigenvalue weighted by Gasteiger charge is 2.45. The first-order valence-corrected chi connectivity index (χ1v) is 15.9. The number of nitriles is 1. The lowest BCUT2D eigenvalue weighted by Crippen LogP contribution is -2.50. The average Bonchev–Trinajstić information content (AvgIpc) is 3.51. The van der Waals surface area contributed by atoms with Crippen molar-refractivity contribution in [3.8, 4) is 23.2 Å². The molecule has 10 nitrogen and oxygen atoms in total. The summed E-state index contributed by atoms with van der Waals surface area (Å²) in [6.45, 7) is 5.76. The van der Waals surface area contributed by atoms with Crippen molar-refractivity contribution in [3.63, 3.8) is 0 Å². The topological polar surface area (TPSA) is 143 Å². The maximum atomic E-state index is 17.0. The Hall–Kier alpha value is -4.45. The summed E-state index contributed by atoms with van der Waals surface area (Å²) in [4.78, 5) is 21.3. The van der Waals surface area contributed by atoms with Crippen LogP contribution in [0, 0.1) is 23.0 Å². The molecule has 4 heterocycles. The molecule has 0 unspecified atom stereocenters. The molecule has 1 saturated heterocycles. The van der Waals surface area contributed by atoms with Crippen molar-refractivity contribution in [1.82, 2.24) is 24.8 Å². The van der Waals surface area contributed by atoms with Crippen molar-refractivity contribution in [1.29, 1.82) is 5.26 Å². The Balaban J connectivity index is 1.58. The molecule has 0 amide bonds. The smallest absolute Gasteiger partial charge is 0.319 e. The standard InChI is InChI=1S/C32H31ClF3N9OS/c1-14(25-28(38)41-9-8-40-25)45(5)30-18-10-20(33)23(17-6-7-21(35)27-22(17)19(12-37)29(39)47-27)24(36)26(18)42-31(43-30)46-15(2)32(3)11-16(34)13-44(32)4/h6-10,14-16H,11,13,39H2,1-5H3,(H2,38,41)/t14-,15+,16-,32-/m1/s1. The number of likely N-dealkylation sites (tertiary alicyclic amines) is 1. The third-order valence-electron chi connectivity index (χ3n) is 9.25. The molecular formula is C32H31ClF3N9OS. The third-order valence-corrected chi connectivity index (χ3v) is 10.6. The van der Waals surface area contributed by atoms with Gasteiger partial charge in [-0.15, -0.1) is 11.3 Å². The van der Waals surface area contributed by atoms with Crippen LogP contribution in [-0.2, 0) is 0 Å². The molecule has 0 spiro atoms. The molecular weight excluding hydrogens is 651 g/mol. The molecule has 244 valence electrons. The zero-order valence-corrected chi connectivity index (χ0v) is 27.7. The zero-order valence-electron chi connectivity index (χ0n) is 26.1. The molecule has 4 atom stereocenters. The van der Waals surface area contributed by atoms with E-state index >= 15 is 4.39 Å². The number of nitrogen functional groups attached to an aromatic ring is 2. The van der Waals surface area contributed by atoms with E-state index in [4.69, 9.17) is 32.8 Å². The Kier molecular flexibility index (Phi) is 8.27. The first kappa shape index (κ1) is 32.5. The summed E-state index contributed by atoms with van der Waals surface area (Å²) >= 11 is 7.70. The average molecular weight is 682 g/mol. The second kappa shape index (κ2) is 12.0. The predicted molar refractivity (Wildman–Crippen MR) is 178 cm³/mol. The summed E-state index contributed by atoms with van der Waals surface area (Å²) in [6.07, 6.45) is 1.58. The number of thiophene rings is 1. The summed E-state index contributed by atoms with van der Waals surface area (Å²) in [7, 11) is 3.54. The molecule has 1 aliphatic rings. The number of anilines is 3. The van der Waals surface area contributed by atoms with Crippen LogP contribution in [0.2, 0.25) is 5.02 Å². The maximum Gasteiger partial charge on any atom is 0.319 e. The summed E-state index contributed by atoms with van der Waals surface area (Å²) in [6, 6.07) is 5.40. The van der Waals surface area contributed by atoms with Crippen LogP contribution in [0.25, 0.3) is 32.1 Å². The number of nitrogens with two attached hydrogens (primary N) is 2. The van der Waals surface area contributed by atoms with Crippen LogP contribution in [0.5, 0.6) is 6.01 Å². The maximum absolute atomic E-state index is 17.0. The Bertz CT molecular complexity index is 2090. The second-order valence-electron chi connectivity index (χ2n) is 11.9. The number of halogens is 4. The van der Waals surface area contributed by atoms with Gasteiger partial charge in [0.05, 0.1) is 26.9 Å². The lowest BCUT2D eigenvalue weighted by Gasteiger charge is -2.37. The number of nitrogens with zero attached hydrogens (tertiary/aromatic N) is 7. The molecule has 6 rings (SSSR count). The van der Waals surface area contributed by atoms with Crippen molar-refractivity contribution in [2.45, 2.75) is 51.0 Å². The number of aromatic nitrogens is 4. The van der Waals surface area contributed by atoms with Crippen LogP contribution < -0.4 is 21.1 Å². The van der Waals surface area contributed by atoms with E-state index in [2.05, 4.69) is 15.0 Å².